The Labute approximate surface area is 164 Å². The second-order valence-corrected chi connectivity index (χ2v) is 7.83. The summed E-state index contributed by atoms with van der Waals surface area (Å²) in [4.78, 5) is 33.5. The van der Waals surface area contributed by atoms with Crippen LogP contribution in [0.5, 0.6) is 0 Å². The van der Waals surface area contributed by atoms with Crippen molar-refractivity contribution in [2.75, 3.05) is 20.1 Å². The summed E-state index contributed by atoms with van der Waals surface area (Å²) >= 11 is 0. The van der Waals surface area contributed by atoms with Crippen molar-refractivity contribution in [3.63, 3.8) is 0 Å². The number of aromatic nitrogens is 1. The van der Waals surface area contributed by atoms with Crippen LogP contribution in [0.2, 0.25) is 0 Å². The molecule has 0 radical (unpaired) electrons. The van der Waals surface area contributed by atoms with Gasteiger partial charge in [0.25, 0.3) is 5.91 Å². The van der Waals surface area contributed by atoms with Crippen LogP contribution in [-0.4, -0.2) is 57.9 Å². The molecule has 6 heteroatoms. The van der Waals surface area contributed by atoms with Gasteiger partial charge >= 0.3 is 0 Å². The molecule has 0 saturated carbocycles. The Hall–Kier alpha value is -2.73. The number of piperidine rings is 2. The Morgan fingerprint density at radius 2 is 1.79 bits per heavy atom. The predicted molar refractivity (Wildman–Crippen MR) is 104 cm³/mol. The number of hydrogen-bond donors (Lipinski definition) is 1. The Bertz CT molecular complexity index is 848. The van der Waals surface area contributed by atoms with E-state index in [4.69, 9.17) is 0 Å². The number of likely N-dealkylation sites (N-methyl/N-ethyl adjacent to an activating group) is 1. The molecule has 2 atom stereocenters. The van der Waals surface area contributed by atoms with Crippen molar-refractivity contribution in [2.45, 2.75) is 31.4 Å². The molecule has 28 heavy (non-hydrogen) atoms. The largest absolute Gasteiger partial charge is 0.391 e. The van der Waals surface area contributed by atoms with E-state index in [0.29, 0.717) is 38.0 Å². The molecule has 2 aromatic rings. The molecule has 1 N–H and O–H groups in total. The first-order chi connectivity index (χ1) is 13.5. The van der Waals surface area contributed by atoms with Crippen LogP contribution in [0.3, 0.4) is 0 Å². The van der Waals surface area contributed by atoms with E-state index in [1.54, 1.807) is 41.2 Å². The molecule has 4 rings (SSSR count). The summed E-state index contributed by atoms with van der Waals surface area (Å²) in [6.07, 6.45) is 2.54. The molecule has 2 aliphatic rings. The zero-order valence-corrected chi connectivity index (χ0v) is 16.0. The van der Waals surface area contributed by atoms with Gasteiger partial charge in [0.05, 0.1) is 17.6 Å². The van der Waals surface area contributed by atoms with E-state index in [1.807, 2.05) is 30.3 Å². The van der Waals surface area contributed by atoms with Crippen molar-refractivity contribution in [3.05, 3.63) is 66.0 Å². The fourth-order valence-electron chi connectivity index (χ4n) is 4.66. The number of aliphatic hydroxyl groups is 1. The molecule has 1 aromatic heterocycles. The molecule has 6 nitrogen and oxygen atoms in total. The zero-order valence-electron chi connectivity index (χ0n) is 16.0. The van der Waals surface area contributed by atoms with Crippen LogP contribution < -0.4 is 0 Å². The van der Waals surface area contributed by atoms with E-state index < -0.39 is 11.5 Å². The van der Waals surface area contributed by atoms with Crippen LogP contribution >= 0.6 is 0 Å². The lowest BCUT2D eigenvalue weighted by molar-refractivity contribution is -0.161. The van der Waals surface area contributed by atoms with Gasteiger partial charge in [-0.3, -0.25) is 14.6 Å². The summed E-state index contributed by atoms with van der Waals surface area (Å²) < 4.78 is 0. The molecular weight excluding hydrogens is 354 g/mol. The molecule has 2 saturated heterocycles. The molecule has 2 aliphatic heterocycles. The first-order valence-electron chi connectivity index (χ1n) is 9.72. The second-order valence-electron chi connectivity index (χ2n) is 7.83. The number of carbonyl (C=O) groups is 2. The highest BCUT2D eigenvalue weighted by Gasteiger charge is 2.51. The highest BCUT2D eigenvalue weighted by atomic mass is 16.3. The lowest BCUT2D eigenvalue weighted by Crippen LogP contribution is -2.58. The lowest BCUT2D eigenvalue weighted by atomic mass is 9.68. The quantitative estimate of drug-likeness (QED) is 0.869. The fraction of sp³-hybridized carbons (Fsp3) is 0.409. The third-order valence-corrected chi connectivity index (χ3v) is 6.19. The molecule has 0 aliphatic carbocycles. The van der Waals surface area contributed by atoms with Gasteiger partial charge < -0.3 is 14.9 Å². The Kier molecular flexibility index (Phi) is 4.89. The number of likely N-dealkylation sites (tertiary alicyclic amines) is 2. The SMILES string of the molecule is CN1C(=O)C2(CCN(C(=O)c3ccccn3)CC2)C[C@@H](O)[C@@H]1c1ccccc1. The van der Waals surface area contributed by atoms with Crippen LogP contribution in [0, 0.1) is 5.41 Å². The third-order valence-electron chi connectivity index (χ3n) is 6.19. The maximum Gasteiger partial charge on any atom is 0.272 e. The molecule has 0 unspecified atom stereocenters. The highest BCUT2D eigenvalue weighted by molar-refractivity contribution is 5.92. The van der Waals surface area contributed by atoms with Gasteiger partial charge in [-0.05, 0) is 37.0 Å². The van der Waals surface area contributed by atoms with Gasteiger partial charge in [0.15, 0.2) is 0 Å². The van der Waals surface area contributed by atoms with Gasteiger partial charge in [-0.25, -0.2) is 0 Å². The summed E-state index contributed by atoms with van der Waals surface area (Å²) in [6, 6.07) is 14.6. The van der Waals surface area contributed by atoms with E-state index in [0.717, 1.165) is 5.56 Å². The molecule has 0 bridgehead atoms. The average Bonchev–Trinajstić information content (AvgIpc) is 2.74. The topological polar surface area (TPSA) is 73.7 Å². The minimum Gasteiger partial charge on any atom is -0.391 e. The van der Waals surface area contributed by atoms with E-state index in [9.17, 15) is 14.7 Å². The van der Waals surface area contributed by atoms with E-state index in [-0.39, 0.29) is 17.9 Å². The van der Waals surface area contributed by atoms with Crippen molar-refractivity contribution < 1.29 is 14.7 Å². The smallest absolute Gasteiger partial charge is 0.272 e. The maximum atomic E-state index is 13.3. The van der Waals surface area contributed by atoms with Gasteiger partial charge in [-0.15, -0.1) is 0 Å². The van der Waals surface area contributed by atoms with Crippen LogP contribution in [0.1, 0.15) is 41.4 Å². The molecule has 1 aromatic carbocycles. The number of aliphatic hydroxyl groups excluding tert-OH is 1. The van der Waals surface area contributed by atoms with E-state index >= 15 is 0 Å². The van der Waals surface area contributed by atoms with E-state index in [2.05, 4.69) is 4.98 Å². The molecule has 2 amide bonds. The Morgan fingerprint density at radius 3 is 2.43 bits per heavy atom. The standard InChI is InChI=1S/C22H25N3O3/c1-24-19(16-7-3-2-4-8-16)18(26)15-22(21(24)28)10-13-25(14-11-22)20(27)17-9-5-6-12-23-17/h2-9,12,18-19,26H,10-11,13-15H2,1H3/t18-,19+/m1/s1. The van der Waals surface area contributed by atoms with Crippen LogP contribution in [0.4, 0.5) is 0 Å². The predicted octanol–water partition coefficient (Wildman–Crippen LogP) is 2.27. The van der Waals surface area contributed by atoms with Gasteiger partial charge in [-0.2, -0.15) is 0 Å². The number of hydrogen-bond acceptors (Lipinski definition) is 4. The minimum atomic E-state index is -0.622. The van der Waals surface area contributed by atoms with Gasteiger partial charge in [-0.1, -0.05) is 36.4 Å². The minimum absolute atomic E-state index is 0.0663. The molecule has 146 valence electrons. The molecular formula is C22H25N3O3. The highest BCUT2D eigenvalue weighted by Crippen LogP contribution is 2.46. The van der Waals surface area contributed by atoms with Crippen LogP contribution in [0.25, 0.3) is 0 Å². The molecule has 3 heterocycles. The normalized spacial score (nSPS) is 24.4. The number of nitrogens with zero attached hydrogens (tertiary/aromatic N) is 3. The summed E-state index contributed by atoms with van der Waals surface area (Å²) in [7, 11) is 1.77. The van der Waals surface area contributed by atoms with Gasteiger partial charge in [0.1, 0.15) is 5.69 Å². The first-order valence-corrected chi connectivity index (χ1v) is 9.72. The van der Waals surface area contributed by atoms with E-state index in [1.165, 1.54) is 0 Å². The van der Waals surface area contributed by atoms with Crippen molar-refractivity contribution in [1.29, 1.82) is 0 Å². The summed E-state index contributed by atoms with van der Waals surface area (Å²) in [6.45, 7) is 0.995. The summed E-state index contributed by atoms with van der Waals surface area (Å²) in [5, 5.41) is 10.9. The van der Waals surface area contributed by atoms with Gasteiger partial charge in [0.2, 0.25) is 5.91 Å². The van der Waals surface area contributed by atoms with Crippen molar-refractivity contribution in [3.8, 4) is 0 Å². The number of carbonyl (C=O) groups excluding carboxylic acids is 2. The van der Waals surface area contributed by atoms with Crippen molar-refractivity contribution >= 4 is 11.8 Å². The second kappa shape index (κ2) is 7.36. The number of pyridine rings is 1. The monoisotopic (exact) mass is 379 g/mol. The molecule has 1 spiro atoms. The third kappa shape index (κ3) is 3.18. The summed E-state index contributed by atoms with van der Waals surface area (Å²) in [5.41, 5.74) is 0.776. The number of benzene rings is 1. The maximum absolute atomic E-state index is 13.3. The van der Waals surface area contributed by atoms with Crippen molar-refractivity contribution in [1.82, 2.24) is 14.8 Å². The lowest BCUT2D eigenvalue weighted by Gasteiger charge is -2.50. The van der Waals surface area contributed by atoms with Gasteiger partial charge in [0, 0.05) is 26.3 Å². The zero-order chi connectivity index (χ0) is 19.7. The molecule has 2 fully saturated rings. The Balaban J connectivity index is 1.48. The number of rotatable bonds is 2. The fourth-order valence-corrected chi connectivity index (χ4v) is 4.66. The van der Waals surface area contributed by atoms with Crippen molar-refractivity contribution in [2.24, 2.45) is 5.41 Å². The summed E-state index contributed by atoms with van der Waals surface area (Å²) in [5.74, 6) is -0.0358. The average molecular weight is 379 g/mol. The van der Waals surface area contributed by atoms with Crippen LogP contribution in [0.15, 0.2) is 54.7 Å². The van der Waals surface area contributed by atoms with Crippen LogP contribution in [-0.2, 0) is 4.79 Å². The number of amides is 2. The first kappa shape index (κ1) is 18.6. The Morgan fingerprint density at radius 1 is 1.11 bits per heavy atom.